The fourth-order valence-electron chi connectivity index (χ4n) is 5.46. The Morgan fingerprint density at radius 3 is 2.41 bits per heavy atom. The molecule has 15 heteroatoms. The van der Waals surface area contributed by atoms with Crippen LogP contribution in [0.4, 0.5) is 32.8 Å². The van der Waals surface area contributed by atoms with Crippen molar-refractivity contribution in [2.75, 3.05) is 45.4 Å². The van der Waals surface area contributed by atoms with Crippen molar-refractivity contribution in [2.45, 2.75) is 43.1 Å². The smallest absolute Gasteiger partial charge is 0.420 e. The number of carbonyl (C=O) groups is 3. The van der Waals surface area contributed by atoms with Crippen LogP contribution in [0, 0.1) is 5.82 Å². The molecular weight excluding hydrogens is 652 g/mol. The van der Waals surface area contributed by atoms with Gasteiger partial charge in [-0.15, -0.1) is 0 Å². The first-order valence-corrected chi connectivity index (χ1v) is 15.4. The molecule has 0 spiro atoms. The van der Waals surface area contributed by atoms with Crippen molar-refractivity contribution in [2.24, 2.45) is 5.73 Å². The van der Waals surface area contributed by atoms with Crippen LogP contribution in [0.15, 0.2) is 72.8 Å². The Morgan fingerprint density at radius 2 is 1.76 bits per heavy atom. The van der Waals surface area contributed by atoms with E-state index in [2.05, 4.69) is 5.32 Å². The lowest BCUT2D eigenvalue weighted by molar-refractivity contribution is -0.124. The maximum absolute atomic E-state index is 15.4. The van der Waals surface area contributed by atoms with Crippen LogP contribution >= 0.6 is 0 Å². The molecule has 0 saturated carbocycles. The molecule has 4 atom stereocenters. The first-order chi connectivity index (χ1) is 23.4. The second kappa shape index (κ2) is 17.1. The van der Waals surface area contributed by atoms with E-state index in [0.29, 0.717) is 16.9 Å². The number of imide groups is 1. The third-order valence-corrected chi connectivity index (χ3v) is 7.90. The van der Waals surface area contributed by atoms with Crippen molar-refractivity contribution in [3.8, 4) is 5.75 Å². The number of benzene rings is 3. The van der Waals surface area contributed by atoms with E-state index >= 15 is 4.39 Å². The zero-order chi connectivity index (χ0) is 35.6. The molecule has 3 aromatic carbocycles. The van der Waals surface area contributed by atoms with Gasteiger partial charge in [-0.2, -0.15) is 13.2 Å². The Hall–Kier alpha value is -4.73. The number of alkyl halides is 3. The summed E-state index contributed by atoms with van der Waals surface area (Å²) in [7, 11) is 2.62. The molecule has 264 valence electrons. The van der Waals surface area contributed by atoms with E-state index in [-0.39, 0.29) is 43.9 Å². The van der Waals surface area contributed by atoms with Gasteiger partial charge in [-0.05, 0) is 48.2 Å². The van der Waals surface area contributed by atoms with Crippen molar-refractivity contribution < 1.29 is 50.9 Å². The van der Waals surface area contributed by atoms with Crippen LogP contribution in [0.1, 0.15) is 29.0 Å². The SMILES string of the molecule is COC(=O)N(C(=O)[C@@H](N)[C@H](c1ccccc1)c1cccc(OC)c1)c1cccc(F)c1CC[C@@H]1CN[C@H](COC(=O)NCC(F)(F)F)CO1. The highest BCUT2D eigenvalue weighted by Crippen LogP contribution is 2.33. The normalized spacial score (nSPS) is 17.4. The van der Waals surface area contributed by atoms with Crippen LogP contribution in [-0.2, 0) is 25.4 Å². The molecule has 3 aromatic rings. The number of alkyl carbamates (subject to hydrolysis) is 1. The molecule has 0 bridgehead atoms. The van der Waals surface area contributed by atoms with Gasteiger partial charge in [0.05, 0.1) is 44.7 Å². The first kappa shape index (κ1) is 37.1. The van der Waals surface area contributed by atoms with Gasteiger partial charge in [-0.1, -0.05) is 48.5 Å². The van der Waals surface area contributed by atoms with Gasteiger partial charge in [0.15, 0.2) is 0 Å². The van der Waals surface area contributed by atoms with Crippen molar-refractivity contribution in [3.63, 3.8) is 0 Å². The molecule has 1 heterocycles. The number of rotatable bonds is 12. The summed E-state index contributed by atoms with van der Waals surface area (Å²) in [6.45, 7) is -1.43. The van der Waals surface area contributed by atoms with Gasteiger partial charge < -0.3 is 35.3 Å². The molecule has 3 amide bonds. The number of hydrogen-bond donors (Lipinski definition) is 3. The molecular formula is C34H38F4N4O7. The van der Waals surface area contributed by atoms with E-state index in [4.69, 9.17) is 24.7 Å². The number of nitrogens with two attached hydrogens (primary N) is 1. The molecule has 11 nitrogen and oxygen atoms in total. The number of carbonyl (C=O) groups excluding carboxylic acids is 3. The lowest BCUT2D eigenvalue weighted by atomic mass is 9.84. The van der Waals surface area contributed by atoms with E-state index in [1.54, 1.807) is 41.7 Å². The summed E-state index contributed by atoms with van der Waals surface area (Å²) >= 11 is 0. The lowest BCUT2D eigenvalue weighted by Gasteiger charge is -2.31. The first-order valence-electron chi connectivity index (χ1n) is 15.4. The molecule has 1 aliphatic heterocycles. The minimum atomic E-state index is -4.56. The molecule has 0 unspecified atom stereocenters. The largest absolute Gasteiger partial charge is 0.497 e. The molecule has 4 rings (SSSR count). The summed E-state index contributed by atoms with van der Waals surface area (Å²) in [6, 6.07) is 18.3. The minimum Gasteiger partial charge on any atom is -0.497 e. The highest BCUT2D eigenvalue weighted by molar-refractivity contribution is 6.15. The second-order valence-corrected chi connectivity index (χ2v) is 11.2. The third kappa shape index (κ3) is 10.1. The summed E-state index contributed by atoms with van der Waals surface area (Å²) in [5.41, 5.74) is 8.05. The average Bonchev–Trinajstić information content (AvgIpc) is 3.10. The third-order valence-electron chi connectivity index (χ3n) is 7.90. The van der Waals surface area contributed by atoms with Crippen LogP contribution in [-0.4, -0.2) is 83.0 Å². The highest BCUT2D eigenvalue weighted by Gasteiger charge is 2.37. The molecule has 1 aliphatic rings. The number of halogens is 4. The number of morpholine rings is 1. The molecule has 4 N–H and O–H groups in total. The standard InChI is InChI=1S/C34H38F4N4O7/c1-46-24-11-6-10-22(16-24)29(21-8-4-3-5-9-21)30(39)31(43)42(33(45)47-2)28-13-7-12-27(35)26(28)15-14-25-17-40-23(18-48-25)19-49-32(44)41-20-34(36,37)38/h3-13,16,23,25,29-30,40H,14-15,17-20,39H2,1-2H3,(H,41,44)/t23-,25+,29+,30-/m0/s1. The maximum atomic E-state index is 15.4. The second-order valence-electron chi connectivity index (χ2n) is 11.2. The Morgan fingerprint density at radius 1 is 1.04 bits per heavy atom. The topological polar surface area (TPSA) is 141 Å². The number of methoxy groups -OCH3 is 2. The van der Waals surface area contributed by atoms with Crippen molar-refractivity contribution in [3.05, 3.63) is 95.3 Å². The Balaban J connectivity index is 1.49. The van der Waals surface area contributed by atoms with Crippen LogP contribution < -0.4 is 26.0 Å². The molecule has 0 radical (unpaired) electrons. The van der Waals surface area contributed by atoms with Crippen LogP contribution in [0.3, 0.4) is 0 Å². The van der Waals surface area contributed by atoms with E-state index in [1.165, 1.54) is 25.3 Å². The molecule has 0 aliphatic carbocycles. The number of anilines is 1. The average molecular weight is 691 g/mol. The van der Waals surface area contributed by atoms with Gasteiger partial charge in [-0.3, -0.25) is 4.79 Å². The van der Waals surface area contributed by atoms with E-state index < -0.39 is 60.7 Å². The summed E-state index contributed by atoms with van der Waals surface area (Å²) in [5, 5.41) is 4.71. The van der Waals surface area contributed by atoms with Crippen molar-refractivity contribution in [1.82, 2.24) is 10.6 Å². The van der Waals surface area contributed by atoms with Crippen LogP contribution in [0.2, 0.25) is 0 Å². The van der Waals surface area contributed by atoms with Gasteiger partial charge in [0, 0.05) is 18.0 Å². The molecule has 1 fully saturated rings. The van der Waals surface area contributed by atoms with E-state index in [0.717, 1.165) is 12.0 Å². The fraction of sp³-hybridized carbons (Fsp3) is 0.382. The van der Waals surface area contributed by atoms with E-state index in [9.17, 15) is 27.6 Å². The minimum absolute atomic E-state index is 0.0373. The van der Waals surface area contributed by atoms with Gasteiger partial charge in [0.2, 0.25) is 0 Å². The number of hydrogen-bond acceptors (Lipinski definition) is 9. The monoisotopic (exact) mass is 690 g/mol. The predicted molar refractivity (Wildman–Crippen MR) is 171 cm³/mol. The molecule has 1 saturated heterocycles. The van der Waals surface area contributed by atoms with E-state index in [1.807, 2.05) is 18.2 Å². The van der Waals surface area contributed by atoms with Crippen LogP contribution in [0.25, 0.3) is 0 Å². The zero-order valence-electron chi connectivity index (χ0n) is 26.9. The highest BCUT2D eigenvalue weighted by atomic mass is 19.4. The van der Waals surface area contributed by atoms with Crippen molar-refractivity contribution in [1.29, 1.82) is 0 Å². The lowest BCUT2D eigenvalue weighted by Crippen LogP contribution is -2.50. The number of amides is 3. The number of ether oxygens (including phenoxy) is 4. The van der Waals surface area contributed by atoms with Gasteiger partial charge in [-0.25, -0.2) is 18.9 Å². The van der Waals surface area contributed by atoms with Gasteiger partial charge in [0.1, 0.15) is 24.7 Å². The zero-order valence-corrected chi connectivity index (χ0v) is 26.9. The summed E-state index contributed by atoms with van der Waals surface area (Å²) in [6.07, 6.45) is -6.97. The van der Waals surface area contributed by atoms with Gasteiger partial charge in [0.25, 0.3) is 5.91 Å². The quantitative estimate of drug-likeness (QED) is 0.231. The summed E-state index contributed by atoms with van der Waals surface area (Å²) in [4.78, 5) is 39.7. The molecule has 0 aromatic heterocycles. The van der Waals surface area contributed by atoms with Crippen molar-refractivity contribution >= 4 is 23.8 Å². The Kier molecular flexibility index (Phi) is 12.9. The molecule has 49 heavy (non-hydrogen) atoms. The Labute approximate surface area is 280 Å². The summed E-state index contributed by atoms with van der Waals surface area (Å²) in [5.74, 6) is -1.67. The number of nitrogens with zero attached hydrogens (tertiary/aromatic N) is 1. The Bertz CT molecular complexity index is 1570. The maximum Gasteiger partial charge on any atom is 0.420 e. The summed E-state index contributed by atoms with van der Waals surface area (Å²) < 4.78 is 73.3. The van der Waals surface area contributed by atoms with Gasteiger partial charge >= 0.3 is 18.4 Å². The van der Waals surface area contributed by atoms with Crippen LogP contribution in [0.5, 0.6) is 5.75 Å². The predicted octanol–water partition coefficient (Wildman–Crippen LogP) is 4.67. The fourth-order valence-corrected chi connectivity index (χ4v) is 5.46. The number of nitrogens with one attached hydrogen (secondary N) is 2.